The molecular weight excluding hydrogens is 277 g/mol. The Labute approximate surface area is 124 Å². The van der Waals surface area contributed by atoms with Crippen molar-refractivity contribution < 1.29 is 9.18 Å². The Bertz CT molecular complexity index is 463. The van der Waals surface area contributed by atoms with Crippen LogP contribution in [-0.2, 0) is 11.2 Å². The number of rotatable bonds is 5. The van der Waals surface area contributed by atoms with E-state index in [1.807, 2.05) is 0 Å². The molecule has 20 heavy (non-hydrogen) atoms. The lowest BCUT2D eigenvalue weighted by atomic mass is 9.70. The third-order valence-corrected chi connectivity index (χ3v) is 4.71. The van der Waals surface area contributed by atoms with Crippen molar-refractivity contribution in [1.82, 2.24) is 0 Å². The highest BCUT2D eigenvalue weighted by molar-refractivity contribution is 6.31. The Morgan fingerprint density at radius 2 is 2.00 bits per heavy atom. The SMILES string of the molecule is NCC1(CC(=O)Cc2c(F)cccc2Cl)CCCCC1. The topological polar surface area (TPSA) is 43.1 Å². The normalized spacial score (nSPS) is 17.9. The van der Waals surface area contributed by atoms with E-state index in [2.05, 4.69) is 0 Å². The van der Waals surface area contributed by atoms with Gasteiger partial charge in [-0.05, 0) is 36.9 Å². The van der Waals surface area contributed by atoms with E-state index < -0.39 is 5.82 Å². The van der Waals surface area contributed by atoms with Crippen LogP contribution in [0.25, 0.3) is 0 Å². The highest BCUT2D eigenvalue weighted by atomic mass is 35.5. The first-order valence-electron chi connectivity index (χ1n) is 7.21. The van der Waals surface area contributed by atoms with E-state index in [-0.39, 0.29) is 17.6 Å². The number of benzene rings is 1. The average molecular weight is 298 g/mol. The van der Waals surface area contributed by atoms with Crippen LogP contribution in [0.5, 0.6) is 0 Å². The molecule has 0 bridgehead atoms. The highest BCUT2D eigenvalue weighted by Gasteiger charge is 2.33. The van der Waals surface area contributed by atoms with Crippen molar-refractivity contribution in [1.29, 1.82) is 0 Å². The molecule has 1 aromatic carbocycles. The van der Waals surface area contributed by atoms with Gasteiger partial charge in [-0.1, -0.05) is 36.9 Å². The maximum absolute atomic E-state index is 13.7. The van der Waals surface area contributed by atoms with Crippen molar-refractivity contribution in [2.24, 2.45) is 11.1 Å². The molecule has 4 heteroatoms. The lowest BCUT2D eigenvalue weighted by molar-refractivity contribution is -0.121. The molecule has 2 nitrogen and oxygen atoms in total. The minimum atomic E-state index is -0.406. The summed E-state index contributed by atoms with van der Waals surface area (Å²) in [5, 5.41) is 0.323. The van der Waals surface area contributed by atoms with E-state index in [0.29, 0.717) is 23.6 Å². The zero-order valence-electron chi connectivity index (χ0n) is 11.6. The lowest BCUT2D eigenvalue weighted by Crippen LogP contribution is -2.35. The van der Waals surface area contributed by atoms with Crippen LogP contribution in [0.3, 0.4) is 0 Å². The van der Waals surface area contributed by atoms with Crippen molar-refractivity contribution in [2.75, 3.05) is 6.54 Å². The molecule has 0 saturated heterocycles. The van der Waals surface area contributed by atoms with Crippen LogP contribution in [0.15, 0.2) is 18.2 Å². The van der Waals surface area contributed by atoms with Gasteiger partial charge >= 0.3 is 0 Å². The number of hydrogen-bond acceptors (Lipinski definition) is 2. The fourth-order valence-electron chi connectivity index (χ4n) is 3.13. The summed E-state index contributed by atoms with van der Waals surface area (Å²) in [5.41, 5.74) is 6.12. The predicted molar refractivity (Wildman–Crippen MR) is 79.3 cm³/mol. The first-order valence-corrected chi connectivity index (χ1v) is 7.59. The summed E-state index contributed by atoms with van der Waals surface area (Å²) in [4.78, 5) is 12.3. The van der Waals surface area contributed by atoms with Gasteiger partial charge in [-0.25, -0.2) is 4.39 Å². The number of carbonyl (C=O) groups excluding carboxylic acids is 1. The van der Waals surface area contributed by atoms with E-state index in [4.69, 9.17) is 17.3 Å². The lowest BCUT2D eigenvalue weighted by Gasteiger charge is -2.35. The second kappa shape index (κ2) is 6.68. The van der Waals surface area contributed by atoms with Gasteiger partial charge in [0.25, 0.3) is 0 Å². The van der Waals surface area contributed by atoms with Gasteiger partial charge in [0.05, 0.1) is 0 Å². The van der Waals surface area contributed by atoms with Crippen molar-refractivity contribution in [3.63, 3.8) is 0 Å². The monoisotopic (exact) mass is 297 g/mol. The molecule has 0 spiro atoms. The summed E-state index contributed by atoms with van der Waals surface area (Å²) in [6.07, 6.45) is 5.98. The van der Waals surface area contributed by atoms with Crippen LogP contribution in [0.4, 0.5) is 4.39 Å². The zero-order chi connectivity index (χ0) is 14.6. The third kappa shape index (κ3) is 3.58. The average Bonchev–Trinajstić information content (AvgIpc) is 2.44. The molecule has 2 rings (SSSR count). The summed E-state index contributed by atoms with van der Waals surface area (Å²) in [6, 6.07) is 4.51. The Morgan fingerprint density at radius 3 is 2.60 bits per heavy atom. The van der Waals surface area contributed by atoms with Gasteiger partial charge in [-0.2, -0.15) is 0 Å². The van der Waals surface area contributed by atoms with E-state index >= 15 is 0 Å². The number of carbonyl (C=O) groups is 1. The molecule has 0 atom stereocenters. The highest BCUT2D eigenvalue weighted by Crippen LogP contribution is 2.39. The maximum Gasteiger partial charge on any atom is 0.138 e. The maximum atomic E-state index is 13.7. The number of ketones is 1. The summed E-state index contributed by atoms with van der Waals surface area (Å²) < 4.78 is 13.7. The van der Waals surface area contributed by atoms with Crippen LogP contribution >= 0.6 is 11.6 Å². The number of hydrogen-bond donors (Lipinski definition) is 1. The van der Waals surface area contributed by atoms with Crippen LogP contribution in [0.1, 0.15) is 44.1 Å². The van der Waals surface area contributed by atoms with Crippen LogP contribution in [0.2, 0.25) is 5.02 Å². The molecule has 1 aromatic rings. The van der Waals surface area contributed by atoms with Gasteiger partial charge in [0, 0.05) is 23.4 Å². The molecule has 0 aromatic heterocycles. The molecule has 0 radical (unpaired) electrons. The van der Waals surface area contributed by atoms with E-state index in [1.54, 1.807) is 12.1 Å². The van der Waals surface area contributed by atoms with Crippen LogP contribution in [0, 0.1) is 11.2 Å². The largest absolute Gasteiger partial charge is 0.330 e. The van der Waals surface area contributed by atoms with Crippen LogP contribution < -0.4 is 5.73 Å². The standard InChI is InChI=1S/C16H21ClFNO/c17-14-5-4-6-15(18)13(14)9-12(20)10-16(11-19)7-2-1-3-8-16/h4-6H,1-3,7-11,19H2. The third-order valence-electron chi connectivity index (χ3n) is 4.36. The van der Waals surface area contributed by atoms with Crippen molar-refractivity contribution in [3.8, 4) is 0 Å². The van der Waals surface area contributed by atoms with Gasteiger partial charge in [0.1, 0.15) is 11.6 Å². The Morgan fingerprint density at radius 1 is 1.30 bits per heavy atom. The summed E-state index contributed by atoms with van der Waals surface area (Å²) in [5.74, 6) is -0.374. The molecule has 1 aliphatic carbocycles. The Hall–Kier alpha value is -0.930. The fraction of sp³-hybridized carbons (Fsp3) is 0.562. The van der Waals surface area contributed by atoms with Gasteiger partial charge < -0.3 is 5.73 Å². The summed E-state index contributed by atoms with van der Waals surface area (Å²) in [7, 11) is 0. The van der Waals surface area contributed by atoms with Crippen molar-refractivity contribution in [2.45, 2.75) is 44.9 Å². The second-order valence-electron chi connectivity index (χ2n) is 5.86. The smallest absolute Gasteiger partial charge is 0.138 e. The molecule has 1 saturated carbocycles. The summed E-state index contributed by atoms with van der Waals surface area (Å²) >= 11 is 5.97. The molecule has 0 heterocycles. The molecule has 0 aliphatic heterocycles. The fourth-order valence-corrected chi connectivity index (χ4v) is 3.36. The predicted octanol–water partition coefficient (Wildman–Crippen LogP) is 3.89. The first-order chi connectivity index (χ1) is 9.56. The molecule has 1 aliphatic rings. The minimum Gasteiger partial charge on any atom is -0.330 e. The molecule has 1 fully saturated rings. The molecule has 0 unspecified atom stereocenters. The van der Waals surface area contributed by atoms with E-state index in [0.717, 1.165) is 25.7 Å². The van der Waals surface area contributed by atoms with Gasteiger partial charge in [0.15, 0.2) is 0 Å². The van der Waals surface area contributed by atoms with E-state index in [1.165, 1.54) is 12.5 Å². The van der Waals surface area contributed by atoms with E-state index in [9.17, 15) is 9.18 Å². The number of Topliss-reactive ketones (excluding diaryl/α,β-unsaturated/α-hetero) is 1. The van der Waals surface area contributed by atoms with Crippen molar-refractivity contribution >= 4 is 17.4 Å². The molecule has 2 N–H and O–H groups in total. The molecule has 0 amide bonds. The molecular formula is C16H21ClFNO. The zero-order valence-corrected chi connectivity index (χ0v) is 12.4. The Balaban J connectivity index is 2.05. The van der Waals surface area contributed by atoms with Gasteiger partial charge in [0.2, 0.25) is 0 Å². The number of halogens is 2. The molecule has 110 valence electrons. The summed E-state index contributed by atoms with van der Waals surface area (Å²) in [6.45, 7) is 0.531. The van der Waals surface area contributed by atoms with Gasteiger partial charge in [-0.3, -0.25) is 4.79 Å². The van der Waals surface area contributed by atoms with Gasteiger partial charge in [-0.15, -0.1) is 0 Å². The first kappa shape index (κ1) is 15.5. The quantitative estimate of drug-likeness (QED) is 0.896. The minimum absolute atomic E-state index is 0.0318. The Kier molecular flexibility index (Phi) is 5.17. The van der Waals surface area contributed by atoms with Crippen molar-refractivity contribution in [3.05, 3.63) is 34.6 Å². The number of nitrogens with two attached hydrogens (primary N) is 1. The second-order valence-corrected chi connectivity index (χ2v) is 6.26. The van der Waals surface area contributed by atoms with Crippen LogP contribution in [-0.4, -0.2) is 12.3 Å².